The second-order valence-electron chi connectivity index (χ2n) is 6.98. The standard InChI is InChI=1S/C17H26O9/c1-17(2,24)12(20)6-8-5-9(19)3-4-10(8)25-16-15(23)14(22)13(21)11(7-18)26-16/h3-5,11-16,18-24H,6-7H2,1-2H3/t11-,12+,13+,14+,15+,16+/m0/s1. The lowest BCUT2D eigenvalue weighted by atomic mass is 9.94. The van der Waals surface area contributed by atoms with E-state index in [-0.39, 0.29) is 17.9 Å². The molecule has 9 nitrogen and oxygen atoms in total. The Hall–Kier alpha value is -1.46. The van der Waals surface area contributed by atoms with Crippen molar-refractivity contribution in [3.8, 4) is 11.5 Å². The number of aliphatic hydroxyl groups is 6. The zero-order valence-electron chi connectivity index (χ0n) is 14.6. The van der Waals surface area contributed by atoms with Gasteiger partial charge in [0.15, 0.2) is 0 Å². The molecule has 0 spiro atoms. The first kappa shape index (κ1) is 20.8. The highest BCUT2D eigenvalue weighted by Crippen LogP contribution is 2.30. The summed E-state index contributed by atoms with van der Waals surface area (Å²) in [6.45, 7) is 2.27. The minimum atomic E-state index is -1.59. The molecule has 7 N–H and O–H groups in total. The molecule has 148 valence electrons. The number of rotatable bonds is 6. The van der Waals surface area contributed by atoms with Crippen LogP contribution >= 0.6 is 0 Å². The fourth-order valence-electron chi connectivity index (χ4n) is 2.59. The molecule has 0 radical (unpaired) electrons. The summed E-state index contributed by atoms with van der Waals surface area (Å²) in [4.78, 5) is 0. The van der Waals surface area contributed by atoms with Gasteiger partial charge in [0.2, 0.25) is 6.29 Å². The molecule has 1 aliphatic heterocycles. The van der Waals surface area contributed by atoms with Crippen LogP contribution in [0.25, 0.3) is 0 Å². The van der Waals surface area contributed by atoms with Gasteiger partial charge >= 0.3 is 0 Å². The quantitative estimate of drug-likeness (QED) is 0.306. The van der Waals surface area contributed by atoms with E-state index in [0.29, 0.717) is 5.56 Å². The van der Waals surface area contributed by atoms with Gasteiger partial charge in [-0.2, -0.15) is 0 Å². The van der Waals surface area contributed by atoms with Crippen LogP contribution in [-0.4, -0.2) is 84.8 Å². The van der Waals surface area contributed by atoms with E-state index < -0.39 is 49.0 Å². The van der Waals surface area contributed by atoms with Gasteiger partial charge in [-0.15, -0.1) is 0 Å². The summed E-state index contributed by atoms with van der Waals surface area (Å²) in [5.41, 5.74) is -1.07. The number of benzene rings is 1. The number of ether oxygens (including phenoxy) is 2. The molecule has 1 saturated heterocycles. The van der Waals surface area contributed by atoms with Crippen molar-refractivity contribution in [3.63, 3.8) is 0 Å². The predicted molar refractivity (Wildman–Crippen MR) is 88.5 cm³/mol. The monoisotopic (exact) mass is 374 g/mol. The minimum Gasteiger partial charge on any atom is -0.508 e. The van der Waals surface area contributed by atoms with E-state index in [1.54, 1.807) is 0 Å². The smallest absolute Gasteiger partial charge is 0.229 e. The lowest BCUT2D eigenvalue weighted by Gasteiger charge is -2.39. The Kier molecular flexibility index (Phi) is 6.46. The molecular formula is C17H26O9. The molecule has 1 aliphatic rings. The molecular weight excluding hydrogens is 348 g/mol. The molecule has 0 aliphatic carbocycles. The van der Waals surface area contributed by atoms with Crippen molar-refractivity contribution in [2.24, 2.45) is 0 Å². The lowest BCUT2D eigenvalue weighted by Crippen LogP contribution is -2.60. The lowest BCUT2D eigenvalue weighted by molar-refractivity contribution is -0.277. The van der Waals surface area contributed by atoms with Crippen LogP contribution in [0.3, 0.4) is 0 Å². The van der Waals surface area contributed by atoms with E-state index in [1.165, 1.54) is 32.0 Å². The van der Waals surface area contributed by atoms with Gasteiger partial charge in [0.1, 0.15) is 35.9 Å². The summed E-state index contributed by atoms with van der Waals surface area (Å²) in [6, 6.07) is 4.02. The van der Waals surface area contributed by atoms with Gasteiger partial charge in [-0.05, 0) is 32.0 Å². The van der Waals surface area contributed by atoms with E-state index in [4.69, 9.17) is 9.47 Å². The van der Waals surface area contributed by atoms with Gasteiger partial charge in [0.25, 0.3) is 0 Å². The largest absolute Gasteiger partial charge is 0.508 e. The highest BCUT2D eigenvalue weighted by molar-refractivity contribution is 5.40. The van der Waals surface area contributed by atoms with Crippen molar-refractivity contribution in [2.45, 2.75) is 62.7 Å². The zero-order valence-corrected chi connectivity index (χ0v) is 14.6. The first-order valence-electron chi connectivity index (χ1n) is 8.24. The number of aromatic hydroxyl groups is 1. The van der Waals surface area contributed by atoms with E-state index in [9.17, 15) is 35.7 Å². The maximum atomic E-state index is 10.1. The van der Waals surface area contributed by atoms with E-state index in [0.717, 1.165) is 0 Å². The highest BCUT2D eigenvalue weighted by Gasteiger charge is 2.45. The van der Waals surface area contributed by atoms with Gasteiger partial charge in [-0.1, -0.05) is 0 Å². The van der Waals surface area contributed by atoms with Crippen LogP contribution in [0.2, 0.25) is 0 Å². The maximum absolute atomic E-state index is 10.1. The van der Waals surface area contributed by atoms with Crippen molar-refractivity contribution in [3.05, 3.63) is 23.8 Å². The number of aliphatic hydroxyl groups excluding tert-OH is 5. The molecule has 0 bridgehead atoms. The first-order valence-corrected chi connectivity index (χ1v) is 8.24. The second kappa shape index (κ2) is 8.05. The van der Waals surface area contributed by atoms with E-state index in [1.807, 2.05) is 0 Å². The number of hydrogen-bond donors (Lipinski definition) is 7. The van der Waals surface area contributed by atoms with Gasteiger partial charge < -0.3 is 45.2 Å². The second-order valence-corrected chi connectivity index (χ2v) is 6.98. The molecule has 0 amide bonds. The SMILES string of the molecule is CC(C)(O)[C@H](O)Cc1cc(O)ccc1O[C@@H]1O[C@@H](CO)[C@@H](O)[C@@H](O)[C@H]1O. The normalized spacial score (nSPS) is 30.8. The number of phenols is 1. The molecule has 1 aromatic carbocycles. The highest BCUT2D eigenvalue weighted by atomic mass is 16.7. The van der Waals surface area contributed by atoms with Crippen molar-refractivity contribution >= 4 is 0 Å². The van der Waals surface area contributed by atoms with E-state index in [2.05, 4.69) is 0 Å². The van der Waals surface area contributed by atoms with Crippen LogP contribution < -0.4 is 4.74 Å². The third kappa shape index (κ3) is 4.63. The summed E-state index contributed by atoms with van der Waals surface area (Å²) in [5.74, 6) is 0.0412. The summed E-state index contributed by atoms with van der Waals surface area (Å²) in [6.07, 6.45) is -8.44. The minimum absolute atomic E-state index is 0.0648. The van der Waals surface area contributed by atoms with Crippen LogP contribution in [-0.2, 0) is 11.2 Å². The Morgan fingerprint density at radius 3 is 2.38 bits per heavy atom. The number of hydrogen-bond acceptors (Lipinski definition) is 9. The van der Waals surface area contributed by atoms with Gasteiger partial charge in [-0.25, -0.2) is 0 Å². The first-order chi connectivity index (χ1) is 12.0. The van der Waals surface area contributed by atoms with Crippen molar-refractivity contribution in [1.29, 1.82) is 0 Å². The van der Waals surface area contributed by atoms with E-state index >= 15 is 0 Å². The molecule has 1 heterocycles. The molecule has 0 saturated carbocycles. The molecule has 0 aromatic heterocycles. The van der Waals surface area contributed by atoms with Crippen LogP contribution in [0.1, 0.15) is 19.4 Å². The summed E-state index contributed by atoms with van der Waals surface area (Å²) < 4.78 is 10.8. The fourth-order valence-corrected chi connectivity index (χ4v) is 2.59. The Morgan fingerprint density at radius 2 is 1.81 bits per heavy atom. The van der Waals surface area contributed by atoms with Crippen LogP contribution in [0.4, 0.5) is 0 Å². The maximum Gasteiger partial charge on any atom is 0.229 e. The van der Waals surface area contributed by atoms with Gasteiger partial charge in [0, 0.05) is 12.0 Å². The van der Waals surface area contributed by atoms with Crippen LogP contribution in [0.5, 0.6) is 11.5 Å². The third-order valence-electron chi connectivity index (χ3n) is 4.36. The van der Waals surface area contributed by atoms with Crippen molar-refractivity contribution < 1.29 is 45.2 Å². The Morgan fingerprint density at radius 1 is 1.15 bits per heavy atom. The molecule has 9 heteroatoms. The Balaban J connectivity index is 2.23. The van der Waals surface area contributed by atoms with Gasteiger partial charge in [0.05, 0.1) is 18.3 Å². The predicted octanol–water partition coefficient (Wildman–Crippen LogP) is -1.75. The van der Waals surface area contributed by atoms with Crippen molar-refractivity contribution in [1.82, 2.24) is 0 Å². The average molecular weight is 374 g/mol. The Bertz CT molecular complexity index is 598. The zero-order chi connectivity index (χ0) is 19.6. The summed E-state index contributed by atoms with van der Waals surface area (Å²) >= 11 is 0. The van der Waals surface area contributed by atoms with Crippen LogP contribution in [0, 0.1) is 0 Å². The summed E-state index contributed by atoms with van der Waals surface area (Å²) in [5, 5.41) is 68.6. The number of phenolic OH excluding ortho intramolecular Hbond substituents is 1. The molecule has 1 fully saturated rings. The van der Waals surface area contributed by atoms with Gasteiger partial charge in [-0.3, -0.25) is 0 Å². The average Bonchev–Trinajstić information content (AvgIpc) is 2.56. The Labute approximate surface area is 150 Å². The van der Waals surface area contributed by atoms with Crippen LogP contribution in [0.15, 0.2) is 18.2 Å². The summed E-state index contributed by atoms with van der Waals surface area (Å²) in [7, 11) is 0. The molecule has 0 unspecified atom stereocenters. The molecule has 2 rings (SSSR count). The molecule has 1 aromatic rings. The van der Waals surface area contributed by atoms with Crippen molar-refractivity contribution in [2.75, 3.05) is 6.61 Å². The third-order valence-corrected chi connectivity index (χ3v) is 4.36. The fraction of sp³-hybridized carbons (Fsp3) is 0.647. The topological polar surface area (TPSA) is 160 Å². The molecule has 6 atom stereocenters. The molecule has 26 heavy (non-hydrogen) atoms.